The molecule has 1 unspecified atom stereocenters. The Labute approximate surface area is 213 Å². The van der Waals surface area contributed by atoms with E-state index in [-0.39, 0.29) is 30.3 Å². The van der Waals surface area contributed by atoms with Gasteiger partial charge >= 0.3 is 0 Å². The van der Waals surface area contributed by atoms with Gasteiger partial charge in [0.15, 0.2) is 0 Å². The van der Waals surface area contributed by atoms with E-state index in [0.717, 1.165) is 36.9 Å². The predicted molar refractivity (Wildman–Crippen MR) is 140 cm³/mol. The van der Waals surface area contributed by atoms with Crippen LogP contribution in [0, 0.1) is 0 Å². The molecule has 2 aromatic carbocycles. The summed E-state index contributed by atoms with van der Waals surface area (Å²) >= 11 is 0. The lowest BCUT2D eigenvalue weighted by Crippen LogP contribution is -2.35. The SMILES string of the molecule is Cl.O=C1CC(c2ccccc2)NCCCCN(C(=O)c2cnn(Cc3ccccc3)c2)CCCN1. The van der Waals surface area contributed by atoms with Crippen LogP contribution in [0.5, 0.6) is 0 Å². The van der Waals surface area contributed by atoms with Crippen molar-refractivity contribution in [2.24, 2.45) is 0 Å². The quantitative estimate of drug-likeness (QED) is 0.576. The number of benzene rings is 2. The van der Waals surface area contributed by atoms with Crippen LogP contribution >= 0.6 is 12.4 Å². The minimum Gasteiger partial charge on any atom is -0.356 e. The third-order valence-corrected chi connectivity index (χ3v) is 6.12. The molecule has 186 valence electrons. The molecular weight excluding hydrogens is 462 g/mol. The maximum absolute atomic E-state index is 13.2. The van der Waals surface area contributed by atoms with Crippen LogP contribution in [0.15, 0.2) is 73.1 Å². The van der Waals surface area contributed by atoms with Crippen molar-refractivity contribution in [1.82, 2.24) is 25.3 Å². The largest absolute Gasteiger partial charge is 0.356 e. The molecule has 2 amide bonds. The molecule has 3 aromatic rings. The standard InChI is InChI=1S/C27H33N5O2.ClH/c33-26-18-25(23-12-5-2-6-13-23)28-14-7-8-16-31(17-9-15-29-26)27(34)24-19-30-32(21-24)20-22-10-3-1-4-11-22;/h1-6,10-13,19,21,25,28H,7-9,14-18,20H2,(H,29,33);1H. The molecule has 1 aromatic heterocycles. The van der Waals surface area contributed by atoms with E-state index in [1.165, 1.54) is 0 Å². The van der Waals surface area contributed by atoms with Crippen LogP contribution in [0.1, 0.15) is 53.2 Å². The van der Waals surface area contributed by atoms with E-state index < -0.39 is 0 Å². The zero-order valence-corrected chi connectivity index (χ0v) is 20.8. The Kier molecular flexibility index (Phi) is 10.3. The summed E-state index contributed by atoms with van der Waals surface area (Å²) in [6.07, 6.45) is 6.44. The van der Waals surface area contributed by atoms with Crippen LogP contribution in [0.25, 0.3) is 0 Å². The van der Waals surface area contributed by atoms with Crippen LogP contribution in [-0.2, 0) is 11.3 Å². The molecule has 1 atom stereocenters. The van der Waals surface area contributed by atoms with Crippen molar-refractivity contribution in [3.05, 3.63) is 89.7 Å². The first-order valence-corrected chi connectivity index (χ1v) is 12.1. The number of nitrogens with zero attached hydrogens (tertiary/aromatic N) is 3. The summed E-state index contributed by atoms with van der Waals surface area (Å²) in [5, 5.41) is 10.9. The van der Waals surface area contributed by atoms with Crippen LogP contribution < -0.4 is 10.6 Å². The van der Waals surface area contributed by atoms with Gasteiger partial charge in [-0.3, -0.25) is 14.3 Å². The monoisotopic (exact) mass is 495 g/mol. The fourth-order valence-corrected chi connectivity index (χ4v) is 4.28. The lowest BCUT2D eigenvalue weighted by atomic mass is 10.0. The number of nitrogens with one attached hydrogen (secondary N) is 2. The van der Waals surface area contributed by atoms with E-state index in [1.807, 2.05) is 59.6 Å². The number of hydrogen-bond acceptors (Lipinski definition) is 4. The summed E-state index contributed by atoms with van der Waals surface area (Å²) in [7, 11) is 0. The maximum atomic E-state index is 13.2. The second-order valence-corrected chi connectivity index (χ2v) is 8.74. The van der Waals surface area contributed by atoms with Gasteiger partial charge in [0, 0.05) is 38.3 Å². The van der Waals surface area contributed by atoms with E-state index in [0.29, 0.717) is 38.2 Å². The number of rotatable bonds is 4. The predicted octanol–water partition coefficient (Wildman–Crippen LogP) is 3.82. The molecule has 0 aliphatic carbocycles. The van der Waals surface area contributed by atoms with Crippen LogP contribution in [0.2, 0.25) is 0 Å². The summed E-state index contributed by atoms with van der Waals surface area (Å²) in [4.78, 5) is 27.6. The summed E-state index contributed by atoms with van der Waals surface area (Å²) < 4.78 is 1.80. The normalized spacial score (nSPS) is 17.8. The molecule has 0 bridgehead atoms. The third kappa shape index (κ3) is 7.94. The third-order valence-electron chi connectivity index (χ3n) is 6.12. The average Bonchev–Trinajstić information content (AvgIpc) is 3.33. The number of carbonyl (C=O) groups is 2. The number of aromatic nitrogens is 2. The van der Waals surface area contributed by atoms with Crippen molar-refractivity contribution in [3.8, 4) is 0 Å². The highest BCUT2D eigenvalue weighted by Gasteiger charge is 2.19. The van der Waals surface area contributed by atoms with E-state index in [2.05, 4.69) is 27.9 Å². The van der Waals surface area contributed by atoms with E-state index in [4.69, 9.17) is 0 Å². The van der Waals surface area contributed by atoms with Gasteiger partial charge in [0.25, 0.3) is 5.91 Å². The average molecular weight is 496 g/mol. The zero-order chi connectivity index (χ0) is 23.6. The number of halogens is 1. The smallest absolute Gasteiger partial charge is 0.257 e. The van der Waals surface area contributed by atoms with E-state index in [9.17, 15) is 9.59 Å². The molecule has 35 heavy (non-hydrogen) atoms. The highest BCUT2D eigenvalue weighted by Crippen LogP contribution is 2.17. The minimum atomic E-state index is -0.00450. The Morgan fingerprint density at radius 3 is 2.43 bits per heavy atom. The molecule has 1 aliphatic heterocycles. The number of carbonyl (C=O) groups excluding carboxylic acids is 2. The molecule has 0 radical (unpaired) electrons. The number of hydrogen-bond donors (Lipinski definition) is 2. The van der Waals surface area contributed by atoms with E-state index in [1.54, 1.807) is 10.9 Å². The Balaban J connectivity index is 0.00000342. The summed E-state index contributed by atoms with van der Waals surface area (Å²) in [6, 6.07) is 20.2. The Morgan fingerprint density at radius 2 is 1.66 bits per heavy atom. The first-order valence-electron chi connectivity index (χ1n) is 12.1. The van der Waals surface area contributed by atoms with E-state index >= 15 is 0 Å². The van der Waals surface area contributed by atoms with Gasteiger partial charge in [-0.15, -0.1) is 12.4 Å². The molecule has 0 spiro atoms. The van der Waals surface area contributed by atoms with Gasteiger partial charge in [-0.05, 0) is 36.9 Å². The summed E-state index contributed by atoms with van der Waals surface area (Å²) in [5.74, 6) is 0.0243. The summed E-state index contributed by atoms with van der Waals surface area (Å²) in [6.45, 7) is 3.28. The molecule has 0 saturated carbocycles. The van der Waals surface area contributed by atoms with Gasteiger partial charge in [0.05, 0.1) is 18.3 Å². The van der Waals surface area contributed by atoms with Crippen molar-refractivity contribution < 1.29 is 9.59 Å². The molecule has 2 heterocycles. The molecule has 1 fully saturated rings. The van der Waals surface area contributed by atoms with Crippen LogP contribution in [0.4, 0.5) is 0 Å². The first-order chi connectivity index (χ1) is 16.7. The van der Waals surface area contributed by atoms with Gasteiger partial charge in [-0.25, -0.2) is 0 Å². The molecule has 4 rings (SSSR count). The molecule has 7 nitrogen and oxygen atoms in total. The number of amides is 2. The molecule has 2 N–H and O–H groups in total. The van der Waals surface area contributed by atoms with Gasteiger partial charge < -0.3 is 15.5 Å². The highest BCUT2D eigenvalue weighted by molar-refractivity contribution is 5.93. The zero-order valence-electron chi connectivity index (χ0n) is 19.9. The Morgan fingerprint density at radius 1 is 0.943 bits per heavy atom. The molecule has 1 aliphatic rings. The Bertz CT molecular complexity index is 1060. The minimum absolute atomic E-state index is 0. The molecule has 1 saturated heterocycles. The van der Waals surface area contributed by atoms with Gasteiger partial charge in [-0.2, -0.15) is 5.10 Å². The van der Waals surface area contributed by atoms with Gasteiger partial charge in [0.2, 0.25) is 5.91 Å². The maximum Gasteiger partial charge on any atom is 0.257 e. The van der Waals surface area contributed by atoms with Crippen molar-refractivity contribution in [2.75, 3.05) is 26.2 Å². The van der Waals surface area contributed by atoms with Crippen molar-refractivity contribution in [3.63, 3.8) is 0 Å². The van der Waals surface area contributed by atoms with Crippen molar-refractivity contribution in [2.45, 2.75) is 38.3 Å². The second kappa shape index (κ2) is 13.7. The second-order valence-electron chi connectivity index (χ2n) is 8.74. The Hall–Kier alpha value is -3.16. The fraction of sp³-hybridized carbons (Fsp3) is 0.370. The van der Waals surface area contributed by atoms with Crippen molar-refractivity contribution >= 4 is 24.2 Å². The van der Waals surface area contributed by atoms with Gasteiger partial charge in [0.1, 0.15) is 0 Å². The molecule has 8 heteroatoms. The van der Waals surface area contributed by atoms with Crippen molar-refractivity contribution in [1.29, 1.82) is 0 Å². The molecular formula is C27H34ClN5O2. The first kappa shape index (κ1) is 26.4. The lowest BCUT2D eigenvalue weighted by Gasteiger charge is -2.22. The topological polar surface area (TPSA) is 79.3 Å². The highest BCUT2D eigenvalue weighted by atomic mass is 35.5. The van der Waals surface area contributed by atoms with Crippen LogP contribution in [-0.4, -0.2) is 52.7 Å². The summed E-state index contributed by atoms with van der Waals surface area (Å²) in [5.41, 5.74) is 2.87. The van der Waals surface area contributed by atoms with Crippen LogP contribution in [0.3, 0.4) is 0 Å². The fourth-order valence-electron chi connectivity index (χ4n) is 4.28. The lowest BCUT2D eigenvalue weighted by molar-refractivity contribution is -0.121. The van der Waals surface area contributed by atoms with Gasteiger partial charge in [-0.1, -0.05) is 60.7 Å².